The Bertz CT molecular complexity index is 835. The molecule has 25 heavy (non-hydrogen) atoms. The fourth-order valence-corrected chi connectivity index (χ4v) is 3.27. The van der Waals surface area contributed by atoms with Crippen molar-refractivity contribution in [1.29, 1.82) is 0 Å². The molecule has 2 aromatic rings. The monoisotopic (exact) mass is 381 g/mol. The van der Waals surface area contributed by atoms with Gasteiger partial charge < -0.3 is 10.0 Å². The summed E-state index contributed by atoms with van der Waals surface area (Å²) in [6, 6.07) is 6.81. The molecule has 1 aliphatic heterocycles. The van der Waals surface area contributed by atoms with Crippen LogP contribution in [0.2, 0.25) is 10.0 Å². The van der Waals surface area contributed by atoms with Gasteiger partial charge in [-0.2, -0.15) is 5.10 Å². The number of aromatic nitrogens is 2. The van der Waals surface area contributed by atoms with Crippen LogP contribution in [0.25, 0.3) is 5.69 Å². The van der Waals surface area contributed by atoms with Gasteiger partial charge in [-0.1, -0.05) is 23.2 Å². The SMILES string of the molecule is Cc1cc(C(=O)N2CCCC(C(=O)O)C2)nn1-c1ccc(Cl)c(Cl)c1. The molecule has 1 aliphatic rings. The fourth-order valence-electron chi connectivity index (χ4n) is 2.98. The third-order valence-corrected chi connectivity index (χ3v) is 5.05. The Morgan fingerprint density at radius 2 is 2.00 bits per heavy atom. The summed E-state index contributed by atoms with van der Waals surface area (Å²) in [4.78, 5) is 25.4. The summed E-state index contributed by atoms with van der Waals surface area (Å²) in [5.74, 6) is -1.64. The van der Waals surface area contributed by atoms with Gasteiger partial charge >= 0.3 is 5.97 Å². The maximum absolute atomic E-state index is 12.7. The Morgan fingerprint density at radius 1 is 1.24 bits per heavy atom. The van der Waals surface area contributed by atoms with E-state index in [0.29, 0.717) is 35.1 Å². The Labute approximate surface area is 154 Å². The molecule has 8 heteroatoms. The standard InChI is InChI=1S/C17H17Cl2N3O3/c1-10-7-15(16(23)21-6-2-3-11(9-21)17(24)25)20-22(10)12-4-5-13(18)14(19)8-12/h4-5,7-8,11H,2-3,6,9H2,1H3,(H,24,25). The van der Waals surface area contributed by atoms with Crippen LogP contribution in [-0.4, -0.2) is 44.8 Å². The largest absolute Gasteiger partial charge is 0.481 e. The highest BCUT2D eigenvalue weighted by molar-refractivity contribution is 6.42. The van der Waals surface area contributed by atoms with Crippen molar-refractivity contribution in [2.45, 2.75) is 19.8 Å². The molecular formula is C17H17Cl2N3O3. The average molecular weight is 382 g/mol. The first-order valence-corrected chi connectivity index (χ1v) is 8.66. The number of hydrogen-bond donors (Lipinski definition) is 1. The van der Waals surface area contributed by atoms with Crippen LogP contribution in [0.3, 0.4) is 0 Å². The third kappa shape index (κ3) is 3.65. The fraction of sp³-hybridized carbons (Fsp3) is 0.353. The maximum atomic E-state index is 12.7. The van der Waals surface area contributed by atoms with Crippen LogP contribution in [0.5, 0.6) is 0 Å². The van der Waals surface area contributed by atoms with E-state index in [2.05, 4.69) is 5.10 Å². The lowest BCUT2D eigenvalue weighted by atomic mass is 9.98. The molecule has 1 atom stereocenters. The number of carbonyl (C=O) groups is 2. The van der Waals surface area contributed by atoms with Crippen molar-refractivity contribution in [3.05, 3.63) is 45.7 Å². The highest BCUT2D eigenvalue weighted by Crippen LogP contribution is 2.25. The number of carbonyl (C=O) groups excluding carboxylic acids is 1. The summed E-state index contributed by atoms with van der Waals surface area (Å²) >= 11 is 12.0. The van der Waals surface area contributed by atoms with Crippen molar-refractivity contribution in [3.63, 3.8) is 0 Å². The molecule has 1 unspecified atom stereocenters. The minimum atomic E-state index is -0.866. The summed E-state index contributed by atoms with van der Waals surface area (Å²) in [6.45, 7) is 2.59. The van der Waals surface area contributed by atoms with Crippen molar-refractivity contribution in [2.24, 2.45) is 5.92 Å². The Morgan fingerprint density at radius 3 is 2.68 bits per heavy atom. The van der Waals surface area contributed by atoms with Gasteiger partial charge in [0.15, 0.2) is 5.69 Å². The third-order valence-electron chi connectivity index (χ3n) is 4.31. The van der Waals surface area contributed by atoms with E-state index in [0.717, 1.165) is 5.69 Å². The molecule has 1 fully saturated rings. The van der Waals surface area contributed by atoms with E-state index in [1.54, 1.807) is 33.8 Å². The molecular weight excluding hydrogens is 365 g/mol. The second-order valence-electron chi connectivity index (χ2n) is 6.11. The van der Waals surface area contributed by atoms with Gasteiger partial charge in [-0.05, 0) is 44.0 Å². The number of halogens is 2. The van der Waals surface area contributed by atoms with Gasteiger partial charge in [0, 0.05) is 18.8 Å². The Balaban J connectivity index is 1.85. The first kappa shape index (κ1) is 17.8. The Hall–Kier alpha value is -2.05. The summed E-state index contributed by atoms with van der Waals surface area (Å²) in [7, 11) is 0. The van der Waals surface area contributed by atoms with Crippen molar-refractivity contribution >= 4 is 35.1 Å². The number of carboxylic acids is 1. The molecule has 132 valence electrons. The van der Waals surface area contributed by atoms with E-state index in [1.165, 1.54) is 0 Å². The molecule has 0 aliphatic carbocycles. The average Bonchev–Trinajstić information content (AvgIpc) is 2.98. The van der Waals surface area contributed by atoms with E-state index in [4.69, 9.17) is 23.2 Å². The topological polar surface area (TPSA) is 75.4 Å². The van der Waals surface area contributed by atoms with E-state index in [9.17, 15) is 14.7 Å². The minimum Gasteiger partial charge on any atom is -0.481 e. The van der Waals surface area contributed by atoms with E-state index in [1.807, 2.05) is 6.92 Å². The number of aryl methyl sites for hydroxylation is 1. The molecule has 1 aromatic carbocycles. The predicted molar refractivity (Wildman–Crippen MR) is 94.6 cm³/mol. The second kappa shape index (κ2) is 7.06. The van der Waals surface area contributed by atoms with Gasteiger partial charge in [0.2, 0.25) is 0 Å². The lowest BCUT2D eigenvalue weighted by molar-refractivity contribution is -0.143. The van der Waals surface area contributed by atoms with Gasteiger partial charge in [0.1, 0.15) is 0 Å². The van der Waals surface area contributed by atoms with Crippen LogP contribution in [-0.2, 0) is 4.79 Å². The lowest BCUT2D eigenvalue weighted by Crippen LogP contribution is -2.42. The molecule has 1 aromatic heterocycles. The van der Waals surface area contributed by atoms with Gasteiger partial charge in [-0.3, -0.25) is 9.59 Å². The summed E-state index contributed by atoms with van der Waals surface area (Å²) in [5.41, 5.74) is 1.76. The number of carboxylic acid groups (broad SMARTS) is 1. The van der Waals surface area contributed by atoms with Crippen molar-refractivity contribution in [2.75, 3.05) is 13.1 Å². The van der Waals surface area contributed by atoms with Crippen molar-refractivity contribution in [3.8, 4) is 5.69 Å². The van der Waals surface area contributed by atoms with E-state index >= 15 is 0 Å². The minimum absolute atomic E-state index is 0.215. The van der Waals surface area contributed by atoms with Gasteiger partial charge in [-0.25, -0.2) is 4.68 Å². The maximum Gasteiger partial charge on any atom is 0.308 e. The molecule has 0 spiro atoms. The normalized spacial score (nSPS) is 17.6. The smallest absolute Gasteiger partial charge is 0.308 e. The van der Waals surface area contributed by atoms with Crippen molar-refractivity contribution in [1.82, 2.24) is 14.7 Å². The van der Waals surface area contributed by atoms with Crippen LogP contribution in [0.4, 0.5) is 0 Å². The highest BCUT2D eigenvalue weighted by Gasteiger charge is 2.29. The zero-order chi connectivity index (χ0) is 18.1. The molecule has 0 saturated carbocycles. The van der Waals surface area contributed by atoms with Crippen molar-refractivity contribution < 1.29 is 14.7 Å². The first-order chi connectivity index (χ1) is 11.9. The molecule has 0 radical (unpaired) electrons. The number of piperidine rings is 1. The second-order valence-corrected chi connectivity index (χ2v) is 6.92. The number of likely N-dealkylation sites (tertiary alicyclic amines) is 1. The lowest BCUT2D eigenvalue weighted by Gasteiger charge is -2.30. The van der Waals surface area contributed by atoms with Gasteiger partial charge in [0.25, 0.3) is 5.91 Å². The van der Waals surface area contributed by atoms with Gasteiger partial charge in [0.05, 0.1) is 21.7 Å². The molecule has 1 saturated heterocycles. The molecule has 1 N–H and O–H groups in total. The molecule has 6 nitrogen and oxygen atoms in total. The number of rotatable bonds is 3. The first-order valence-electron chi connectivity index (χ1n) is 7.91. The van der Waals surface area contributed by atoms with E-state index in [-0.39, 0.29) is 18.1 Å². The number of benzene rings is 1. The summed E-state index contributed by atoms with van der Waals surface area (Å²) in [5, 5.41) is 14.4. The molecule has 3 rings (SSSR count). The summed E-state index contributed by atoms with van der Waals surface area (Å²) in [6.07, 6.45) is 1.27. The van der Waals surface area contributed by atoms with Crippen LogP contribution >= 0.6 is 23.2 Å². The molecule has 0 bridgehead atoms. The summed E-state index contributed by atoms with van der Waals surface area (Å²) < 4.78 is 1.62. The Kier molecular flexibility index (Phi) is 5.01. The highest BCUT2D eigenvalue weighted by atomic mass is 35.5. The van der Waals surface area contributed by atoms with Gasteiger partial charge in [-0.15, -0.1) is 0 Å². The van der Waals surface area contributed by atoms with Crippen LogP contribution < -0.4 is 0 Å². The van der Waals surface area contributed by atoms with Crippen LogP contribution in [0, 0.1) is 12.8 Å². The quantitative estimate of drug-likeness (QED) is 0.883. The number of nitrogens with zero attached hydrogens (tertiary/aromatic N) is 3. The van der Waals surface area contributed by atoms with Crippen LogP contribution in [0.1, 0.15) is 29.0 Å². The molecule has 2 heterocycles. The zero-order valence-corrected chi connectivity index (χ0v) is 15.1. The van der Waals surface area contributed by atoms with E-state index < -0.39 is 11.9 Å². The number of hydrogen-bond acceptors (Lipinski definition) is 3. The number of amides is 1. The zero-order valence-electron chi connectivity index (χ0n) is 13.6. The predicted octanol–water partition coefficient (Wildman–Crippen LogP) is 3.42. The molecule has 1 amide bonds. The van der Waals surface area contributed by atoms with Crippen LogP contribution in [0.15, 0.2) is 24.3 Å². The number of aliphatic carboxylic acids is 1.